The van der Waals surface area contributed by atoms with E-state index in [2.05, 4.69) is 9.78 Å². The molecule has 0 fully saturated rings. The van der Waals surface area contributed by atoms with E-state index in [-0.39, 0.29) is 0 Å². The summed E-state index contributed by atoms with van der Waals surface area (Å²) in [6.45, 7) is 1.58. The molecule has 0 spiro atoms. The van der Waals surface area contributed by atoms with E-state index in [1.54, 1.807) is 0 Å². The van der Waals surface area contributed by atoms with Crippen molar-refractivity contribution in [1.82, 2.24) is 0 Å². The van der Waals surface area contributed by atoms with Crippen LogP contribution >= 0.6 is 0 Å². The van der Waals surface area contributed by atoms with Crippen LogP contribution in [0.3, 0.4) is 0 Å². The lowest BCUT2D eigenvalue weighted by Crippen LogP contribution is -2.33. The van der Waals surface area contributed by atoms with E-state index in [0.29, 0.717) is 19.4 Å². The number of carbonyl (C=O) groups is 2. The third-order valence-corrected chi connectivity index (χ3v) is 1.26. The van der Waals surface area contributed by atoms with Crippen LogP contribution in [0.25, 0.3) is 0 Å². The molecular formula is C7H14N2O4. The molecule has 1 atom stereocenters. The average Bonchev–Trinajstić information content (AvgIpc) is 2.10. The van der Waals surface area contributed by atoms with Crippen LogP contribution < -0.4 is 11.5 Å². The SMILES string of the molecule is CC(=O)OOC(=O)C(N)CCCN. The van der Waals surface area contributed by atoms with Crippen molar-refractivity contribution in [3.8, 4) is 0 Å². The summed E-state index contributed by atoms with van der Waals surface area (Å²) in [5.74, 6) is -1.46. The zero-order valence-electron chi connectivity index (χ0n) is 7.49. The van der Waals surface area contributed by atoms with Crippen LogP contribution in [-0.4, -0.2) is 24.5 Å². The second-order valence-electron chi connectivity index (χ2n) is 2.51. The van der Waals surface area contributed by atoms with Crippen LogP contribution in [0.5, 0.6) is 0 Å². The van der Waals surface area contributed by atoms with Gasteiger partial charge in [-0.1, -0.05) is 0 Å². The van der Waals surface area contributed by atoms with Crippen LogP contribution in [0.4, 0.5) is 0 Å². The predicted molar refractivity (Wildman–Crippen MR) is 44.1 cm³/mol. The van der Waals surface area contributed by atoms with Crippen molar-refractivity contribution in [3.63, 3.8) is 0 Å². The maximum Gasteiger partial charge on any atom is 0.372 e. The van der Waals surface area contributed by atoms with Crippen molar-refractivity contribution >= 4 is 11.9 Å². The first kappa shape index (κ1) is 11.9. The zero-order valence-corrected chi connectivity index (χ0v) is 7.49. The molecule has 13 heavy (non-hydrogen) atoms. The third kappa shape index (κ3) is 6.06. The second kappa shape index (κ2) is 6.38. The third-order valence-electron chi connectivity index (χ3n) is 1.26. The van der Waals surface area contributed by atoms with Gasteiger partial charge in [0.1, 0.15) is 6.04 Å². The van der Waals surface area contributed by atoms with Crippen molar-refractivity contribution in [1.29, 1.82) is 0 Å². The molecule has 4 N–H and O–H groups in total. The molecule has 0 aliphatic carbocycles. The largest absolute Gasteiger partial charge is 0.372 e. The van der Waals surface area contributed by atoms with E-state index >= 15 is 0 Å². The van der Waals surface area contributed by atoms with Crippen molar-refractivity contribution in [3.05, 3.63) is 0 Å². The molecule has 0 rings (SSSR count). The van der Waals surface area contributed by atoms with Gasteiger partial charge in [0.25, 0.3) is 0 Å². The summed E-state index contributed by atoms with van der Waals surface area (Å²) >= 11 is 0. The average molecular weight is 190 g/mol. The van der Waals surface area contributed by atoms with Crippen molar-refractivity contribution in [2.75, 3.05) is 6.54 Å². The van der Waals surface area contributed by atoms with Gasteiger partial charge in [0, 0.05) is 6.92 Å². The topological polar surface area (TPSA) is 105 Å². The smallest absolute Gasteiger partial charge is 0.330 e. The maximum absolute atomic E-state index is 10.9. The predicted octanol–water partition coefficient (Wildman–Crippen LogP) is -0.926. The fourth-order valence-electron chi connectivity index (χ4n) is 0.617. The first-order chi connectivity index (χ1) is 6.07. The first-order valence-corrected chi connectivity index (χ1v) is 3.92. The van der Waals surface area contributed by atoms with E-state index in [9.17, 15) is 9.59 Å². The molecule has 0 radical (unpaired) electrons. The standard InChI is InChI=1S/C7H14N2O4/c1-5(10)12-13-7(11)6(9)3-2-4-8/h6H,2-4,8-9H2,1H3. The summed E-state index contributed by atoms with van der Waals surface area (Å²) in [7, 11) is 0. The molecule has 0 aliphatic rings. The fourth-order valence-corrected chi connectivity index (χ4v) is 0.617. The Bertz CT molecular complexity index is 183. The van der Waals surface area contributed by atoms with Crippen LogP contribution in [0, 0.1) is 0 Å². The second-order valence-corrected chi connectivity index (χ2v) is 2.51. The maximum atomic E-state index is 10.9. The summed E-state index contributed by atoms with van der Waals surface area (Å²) in [5.41, 5.74) is 10.6. The highest BCUT2D eigenvalue weighted by Gasteiger charge is 2.16. The van der Waals surface area contributed by atoms with E-state index in [1.807, 2.05) is 0 Å². The molecule has 0 amide bonds. The Kier molecular flexibility index (Phi) is 5.82. The van der Waals surface area contributed by atoms with E-state index in [0.717, 1.165) is 6.92 Å². The fraction of sp³-hybridized carbons (Fsp3) is 0.714. The number of carbonyl (C=O) groups excluding carboxylic acids is 2. The minimum absolute atomic E-state index is 0.413. The number of hydrogen-bond acceptors (Lipinski definition) is 6. The van der Waals surface area contributed by atoms with Crippen molar-refractivity contribution < 1.29 is 19.4 Å². The van der Waals surface area contributed by atoms with Gasteiger partial charge in [0.15, 0.2) is 0 Å². The number of hydrogen-bond donors (Lipinski definition) is 2. The van der Waals surface area contributed by atoms with Gasteiger partial charge in [-0.2, -0.15) is 0 Å². The Balaban J connectivity index is 3.63. The Morgan fingerprint density at radius 3 is 2.46 bits per heavy atom. The highest BCUT2D eigenvalue weighted by molar-refractivity contribution is 5.76. The van der Waals surface area contributed by atoms with Gasteiger partial charge in [-0.25, -0.2) is 19.4 Å². The molecular weight excluding hydrogens is 176 g/mol. The van der Waals surface area contributed by atoms with Gasteiger partial charge < -0.3 is 11.5 Å². The van der Waals surface area contributed by atoms with E-state index < -0.39 is 18.0 Å². The minimum Gasteiger partial charge on any atom is -0.330 e. The summed E-state index contributed by atoms with van der Waals surface area (Å²) in [6.07, 6.45) is 1.03. The molecule has 0 aromatic carbocycles. The zero-order chi connectivity index (χ0) is 10.3. The van der Waals surface area contributed by atoms with Crippen LogP contribution in [0.15, 0.2) is 0 Å². The summed E-state index contributed by atoms with van der Waals surface area (Å²) in [6, 6.07) is -0.789. The molecule has 0 aromatic heterocycles. The van der Waals surface area contributed by atoms with Crippen LogP contribution in [-0.2, 0) is 19.4 Å². The highest BCUT2D eigenvalue weighted by atomic mass is 17.2. The lowest BCUT2D eigenvalue weighted by Gasteiger charge is -2.07. The summed E-state index contributed by atoms with van der Waals surface area (Å²) < 4.78 is 0. The molecule has 0 saturated heterocycles. The van der Waals surface area contributed by atoms with E-state index in [1.165, 1.54) is 0 Å². The minimum atomic E-state index is -0.789. The molecule has 1 unspecified atom stereocenters. The molecule has 0 aromatic rings. The van der Waals surface area contributed by atoms with Gasteiger partial charge >= 0.3 is 11.9 Å². The Hall–Kier alpha value is -1.14. The molecule has 6 heteroatoms. The monoisotopic (exact) mass is 190 g/mol. The lowest BCUT2D eigenvalue weighted by molar-refractivity contribution is -0.258. The van der Waals surface area contributed by atoms with Gasteiger partial charge in [0.05, 0.1) is 0 Å². The van der Waals surface area contributed by atoms with Crippen LogP contribution in [0.1, 0.15) is 19.8 Å². The first-order valence-electron chi connectivity index (χ1n) is 3.92. The summed E-state index contributed by atoms with van der Waals surface area (Å²) in [4.78, 5) is 29.2. The number of rotatable bonds is 4. The van der Waals surface area contributed by atoms with Crippen molar-refractivity contribution in [2.45, 2.75) is 25.8 Å². The van der Waals surface area contributed by atoms with E-state index in [4.69, 9.17) is 11.5 Å². The molecule has 0 bridgehead atoms. The number of nitrogens with two attached hydrogens (primary N) is 2. The Labute approximate surface area is 76.1 Å². The lowest BCUT2D eigenvalue weighted by atomic mass is 10.2. The molecule has 76 valence electrons. The molecule has 0 aliphatic heterocycles. The van der Waals surface area contributed by atoms with Crippen molar-refractivity contribution in [2.24, 2.45) is 11.5 Å². The van der Waals surface area contributed by atoms with Gasteiger partial charge in [0.2, 0.25) is 0 Å². The molecule has 6 nitrogen and oxygen atoms in total. The quantitative estimate of drug-likeness (QED) is 0.438. The van der Waals surface area contributed by atoms with Gasteiger partial charge in [-0.3, -0.25) is 0 Å². The molecule has 0 heterocycles. The molecule has 0 saturated carbocycles. The van der Waals surface area contributed by atoms with Gasteiger partial charge in [-0.05, 0) is 19.4 Å². The normalized spacial score (nSPS) is 11.9. The highest BCUT2D eigenvalue weighted by Crippen LogP contribution is 1.96. The Morgan fingerprint density at radius 1 is 1.38 bits per heavy atom. The Morgan fingerprint density at radius 2 is 2.00 bits per heavy atom. The van der Waals surface area contributed by atoms with Crippen LogP contribution in [0.2, 0.25) is 0 Å². The summed E-state index contributed by atoms with van der Waals surface area (Å²) in [5, 5.41) is 0. The van der Waals surface area contributed by atoms with Gasteiger partial charge in [-0.15, -0.1) is 0 Å².